The molecule has 3 aromatic rings. The third kappa shape index (κ3) is 4.45. The molecule has 0 aliphatic heterocycles. The van der Waals surface area contributed by atoms with E-state index in [1.807, 2.05) is 6.07 Å². The van der Waals surface area contributed by atoms with Crippen molar-refractivity contribution in [1.29, 1.82) is 0 Å². The van der Waals surface area contributed by atoms with E-state index >= 15 is 0 Å². The van der Waals surface area contributed by atoms with Crippen LogP contribution in [0.15, 0.2) is 70.7 Å². The Kier molecular flexibility index (Phi) is 5.03. The van der Waals surface area contributed by atoms with Crippen molar-refractivity contribution >= 4 is 17.7 Å². The summed E-state index contributed by atoms with van der Waals surface area (Å²) in [5.41, 5.74) is 0.500. The van der Waals surface area contributed by atoms with Crippen LogP contribution < -0.4 is 0 Å². The smallest absolute Gasteiger partial charge is 0.416 e. The highest BCUT2D eigenvalue weighted by Crippen LogP contribution is 2.31. The van der Waals surface area contributed by atoms with E-state index in [1.165, 1.54) is 28.6 Å². The van der Waals surface area contributed by atoms with Gasteiger partial charge in [0.1, 0.15) is 0 Å². The van der Waals surface area contributed by atoms with Gasteiger partial charge in [0.15, 0.2) is 0 Å². The first-order valence-electron chi connectivity index (χ1n) is 7.52. The van der Waals surface area contributed by atoms with Gasteiger partial charge in [-0.2, -0.15) is 18.3 Å². The Morgan fingerprint density at radius 3 is 2.50 bits per heavy atom. The SMILES string of the molecule is O=C(O)Cc1cccc(Sc2cnn(-c3ccc(C(F)(F)F)cc3)c2)c1. The number of carboxylic acids is 1. The van der Waals surface area contributed by atoms with E-state index in [4.69, 9.17) is 5.11 Å². The largest absolute Gasteiger partial charge is 0.481 e. The van der Waals surface area contributed by atoms with Crippen LogP contribution in [0.25, 0.3) is 5.69 Å². The Morgan fingerprint density at radius 1 is 1.12 bits per heavy atom. The molecule has 4 nitrogen and oxygen atoms in total. The first kappa shape index (κ1) is 18.1. The number of carboxylic acid groups (broad SMARTS) is 1. The molecule has 0 aliphatic rings. The fourth-order valence-electron chi connectivity index (χ4n) is 2.33. The number of benzene rings is 2. The zero-order valence-corrected chi connectivity index (χ0v) is 14.1. The maximum atomic E-state index is 12.6. The summed E-state index contributed by atoms with van der Waals surface area (Å²) in [5, 5.41) is 13.0. The predicted molar refractivity (Wildman–Crippen MR) is 90.5 cm³/mol. The zero-order valence-electron chi connectivity index (χ0n) is 13.3. The molecule has 0 aliphatic carbocycles. The molecule has 0 amide bonds. The number of nitrogens with zero attached hydrogens (tertiary/aromatic N) is 2. The molecule has 134 valence electrons. The van der Waals surface area contributed by atoms with E-state index < -0.39 is 17.7 Å². The number of rotatable bonds is 5. The van der Waals surface area contributed by atoms with Crippen molar-refractivity contribution in [3.63, 3.8) is 0 Å². The predicted octanol–water partition coefficient (Wildman–Crippen LogP) is 4.67. The highest BCUT2D eigenvalue weighted by atomic mass is 32.2. The van der Waals surface area contributed by atoms with Crippen LogP contribution in [0.5, 0.6) is 0 Å². The van der Waals surface area contributed by atoms with Crippen LogP contribution >= 0.6 is 11.8 Å². The molecule has 0 atom stereocenters. The lowest BCUT2D eigenvalue weighted by Gasteiger charge is -2.07. The van der Waals surface area contributed by atoms with Crippen LogP contribution in [0, 0.1) is 0 Å². The second-order valence-electron chi connectivity index (χ2n) is 5.49. The van der Waals surface area contributed by atoms with Crippen molar-refractivity contribution < 1.29 is 23.1 Å². The molecule has 0 bridgehead atoms. The summed E-state index contributed by atoms with van der Waals surface area (Å²) in [4.78, 5) is 12.4. The van der Waals surface area contributed by atoms with Gasteiger partial charge < -0.3 is 5.11 Å². The van der Waals surface area contributed by atoms with Crippen LogP contribution in [-0.2, 0) is 17.4 Å². The van der Waals surface area contributed by atoms with Gasteiger partial charge in [-0.05, 0) is 42.0 Å². The van der Waals surface area contributed by atoms with E-state index in [0.717, 1.165) is 21.9 Å². The van der Waals surface area contributed by atoms with Gasteiger partial charge in [0.05, 0.1) is 28.8 Å². The minimum absolute atomic E-state index is 0.0563. The van der Waals surface area contributed by atoms with Crippen LogP contribution in [0.3, 0.4) is 0 Å². The lowest BCUT2D eigenvalue weighted by molar-refractivity contribution is -0.138. The molecular formula is C18H13F3N2O2S. The monoisotopic (exact) mass is 378 g/mol. The second kappa shape index (κ2) is 7.25. The van der Waals surface area contributed by atoms with Crippen molar-refractivity contribution in [1.82, 2.24) is 9.78 Å². The molecule has 0 saturated heterocycles. The van der Waals surface area contributed by atoms with E-state index in [0.29, 0.717) is 11.3 Å². The quantitative estimate of drug-likeness (QED) is 0.701. The third-order valence-electron chi connectivity index (χ3n) is 3.51. The van der Waals surface area contributed by atoms with Crippen molar-refractivity contribution in [2.75, 3.05) is 0 Å². The fraction of sp³-hybridized carbons (Fsp3) is 0.111. The first-order chi connectivity index (χ1) is 12.3. The summed E-state index contributed by atoms with van der Waals surface area (Å²) in [6, 6.07) is 11.9. The van der Waals surface area contributed by atoms with E-state index in [1.54, 1.807) is 30.6 Å². The minimum Gasteiger partial charge on any atom is -0.481 e. The van der Waals surface area contributed by atoms with Crippen LogP contribution in [0.4, 0.5) is 13.2 Å². The van der Waals surface area contributed by atoms with Crippen molar-refractivity contribution in [3.05, 3.63) is 72.1 Å². The number of hydrogen-bond acceptors (Lipinski definition) is 3. The maximum absolute atomic E-state index is 12.6. The standard InChI is InChI=1S/C18H13F3N2O2S/c19-18(20,21)13-4-6-14(7-5-13)23-11-16(10-22-23)26-15-3-1-2-12(8-15)9-17(24)25/h1-8,10-11H,9H2,(H,24,25). The van der Waals surface area contributed by atoms with Gasteiger partial charge in [-0.25, -0.2) is 4.68 Å². The first-order valence-corrected chi connectivity index (χ1v) is 8.34. The van der Waals surface area contributed by atoms with Gasteiger partial charge in [-0.3, -0.25) is 4.79 Å². The van der Waals surface area contributed by atoms with E-state index in [9.17, 15) is 18.0 Å². The molecule has 0 fully saturated rings. The van der Waals surface area contributed by atoms with Crippen molar-refractivity contribution in [2.45, 2.75) is 22.4 Å². The highest BCUT2D eigenvalue weighted by molar-refractivity contribution is 7.99. The number of alkyl halides is 3. The zero-order chi connectivity index (χ0) is 18.7. The third-order valence-corrected chi connectivity index (χ3v) is 4.44. The van der Waals surface area contributed by atoms with Gasteiger partial charge in [-0.15, -0.1) is 0 Å². The molecule has 2 aromatic carbocycles. The normalized spacial score (nSPS) is 11.5. The van der Waals surface area contributed by atoms with E-state index in [-0.39, 0.29) is 6.42 Å². The molecule has 0 radical (unpaired) electrons. The summed E-state index contributed by atoms with van der Waals surface area (Å²) >= 11 is 1.40. The number of carbonyl (C=O) groups is 1. The molecule has 0 saturated carbocycles. The molecule has 3 rings (SSSR count). The Balaban J connectivity index is 1.75. The van der Waals surface area contributed by atoms with Crippen molar-refractivity contribution in [3.8, 4) is 5.69 Å². The lowest BCUT2D eigenvalue weighted by atomic mass is 10.2. The molecule has 0 unspecified atom stereocenters. The van der Waals surface area contributed by atoms with Gasteiger partial charge in [0, 0.05) is 11.1 Å². The van der Waals surface area contributed by atoms with E-state index in [2.05, 4.69) is 5.10 Å². The Morgan fingerprint density at radius 2 is 1.85 bits per heavy atom. The summed E-state index contributed by atoms with van der Waals surface area (Å²) in [7, 11) is 0. The van der Waals surface area contributed by atoms with Crippen LogP contribution in [0.2, 0.25) is 0 Å². The summed E-state index contributed by atoms with van der Waals surface area (Å²) in [5.74, 6) is -0.901. The van der Waals surface area contributed by atoms with Gasteiger partial charge >= 0.3 is 12.1 Å². The molecule has 1 N–H and O–H groups in total. The topological polar surface area (TPSA) is 55.1 Å². The van der Waals surface area contributed by atoms with Gasteiger partial charge in [0.25, 0.3) is 0 Å². The number of hydrogen-bond donors (Lipinski definition) is 1. The summed E-state index contributed by atoms with van der Waals surface area (Å²) in [6.45, 7) is 0. The fourth-order valence-corrected chi connectivity index (χ4v) is 3.21. The number of aromatic nitrogens is 2. The lowest BCUT2D eigenvalue weighted by Crippen LogP contribution is -2.05. The molecule has 26 heavy (non-hydrogen) atoms. The molecule has 0 spiro atoms. The highest BCUT2D eigenvalue weighted by Gasteiger charge is 2.30. The molecule has 8 heteroatoms. The van der Waals surface area contributed by atoms with Gasteiger partial charge in [-0.1, -0.05) is 23.9 Å². The number of halogens is 3. The Labute approximate surface area is 151 Å². The van der Waals surface area contributed by atoms with Gasteiger partial charge in [0.2, 0.25) is 0 Å². The molecular weight excluding hydrogens is 365 g/mol. The Bertz CT molecular complexity index is 921. The molecule has 1 aromatic heterocycles. The minimum atomic E-state index is -4.37. The Hall–Kier alpha value is -2.74. The van der Waals surface area contributed by atoms with Crippen LogP contribution in [-0.4, -0.2) is 20.9 Å². The molecule has 1 heterocycles. The van der Waals surface area contributed by atoms with Crippen molar-refractivity contribution in [2.24, 2.45) is 0 Å². The average Bonchev–Trinajstić information content (AvgIpc) is 3.02. The van der Waals surface area contributed by atoms with Crippen LogP contribution in [0.1, 0.15) is 11.1 Å². The maximum Gasteiger partial charge on any atom is 0.416 e. The summed E-state index contributed by atoms with van der Waals surface area (Å²) in [6.07, 6.45) is -1.12. The number of aliphatic carboxylic acids is 1. The second-order valence-corrected chi connectivity index (χ2v) is 6.63. The summed E-state index contributed by atoms with van der Waals surface area (Å²) < 4.78 is 39.3. The average molecular weight is 378 g/mol.